The van der Waals surface area contributed by atoms with Crippen LogP contribution in [0.15, 0.2) is 47.6 Å². The van der Waals surface area contributed by atoms with E-state index in [1.807, 2.05) is 23.6 Å². The van der Waals surface area contributed by atoms with Gasteiger partial charge in [0.25, 0.3) is 5.91 Å². The second-order valence-electron chi connectivity index (χ2n) is 6.09. The molecule has 1 heterocycles. The number of thioether (sulfide) groups is 1. The summed E-state index contributed by atoms with van der Waals surface area (Å²) in [6.07, 6.45) is 0. The Balaban J connectivity index is 1.62. The number of halogens is 2. The van der Waals surface area contributed by atoms with Crippen LogP contribution >= 0.6 is 35.0 Å². The second-order valence-corrected chi connectivity index (χ2v) is 7.85. The van der Waals surface area contributed by atoms with Crippen LogP contribution in [0.5, 0.6) is 5.75 Å². The fraction of sp³-hybridized carbons (Fsp3) is 0.250. The van der Waals surface area contributed by atoms with Crippen molar-refractivity contribution in [3.8, 4) is 5.75 Å². The Morgan fingerprint density at radius 2 is 1.90 bits per heavy atom. The molecule has 0 spiro atoms. The van der Waals surface area contributed by atoms with E-state index in [1.54, 1.807) is 49.2 Å². The molecule has 0 aliphatic heterocycles. The summed E-state index contributed by atoms with van der Waals surface area (Å²) in [6.45, 7) is 3.00. The normalized spacial score (nSPS) is 10.8. The molecule has 152 valence electrons. The quantitative estimate of drug-likeness (QED) is 0.497. The lowest BCUT2D eigenvalue weighted by Crippen LogP contribution is -2.24. The summed E-state index contributed by atoms with van der Waals surface area (Å²) < 4.78 is 7.09. The Morgan fingerprint density at radius 3 is 2.55 bits per heavy atom. The van der Waals surface area contributed by atoms with Gasteiger partial charge in [-0.1, -0.05) is 41.0 Å². The number of ether oxygens (including phenoxy) is 1. The fourth-order valence-corrected chi connectivity index (χ4v) is 3.94. The van der Waals surface area contributed by atoms with E-state index in [-0.39, 0.29) is 5.91 Å². The molecule has 0 fully saturated rings. The van der Waals surface area contributed by atoms with Crippen molar-refractivity contribution in [1.29, 1.82) is 0 Å². The Bertz CT molecular complexity index is 993. The molecule has 2 aromatic carbocycles. The molecule has 0 atom stereocenters. The third-order valence-electron chi connectivity index (χ3n) is 4.22. The van der Waals surface area contributed by atoms with Gasteiger partial charge in [-0.25, -0.2) is 0 Å². The van der Waals surface area contributed by atoms with Crippen LogP contribution in [0, 0.1) is 0 Å². The first-order chi connectivity index (χ1) is 14.0. The first-order valence-corrected chi connectivity index (χ1v) is 10.7. The van der Waals surface area contributed by atoms with E-state index in [1.165, 1.54) is 0 Å². The van der Waals surface area contributed by atoms with Gasteiger partial charge in [0.2, 0.25) is 0 Å². The zero-order valence-electron chi connectivity index (χ0n) is 16.0. The largest absolute Gasteiger partial charge is 0.497 e. The molecule has 0 saturated carbocycles. The first-order valence-electron chi connectivity index (χ1n) is 8.93. The maximum absolute atomic E-state index is 12.4. The summed E-state index contributed by atoms with van der Waals surface area (Å²) in [6, 6.07) is 12.5. The van der Waals surface area contributed by atoms with Crippen molar-refractivity contribution < 1.29 is 9.53 Å². The predicted octanol–water partition coefficient (Wildman–Crippen LogP) is 4.84. The van der Waals surface area contributed by atoms with Gasteiger partial charge in [0.15, 0.2) is 11.0 Å². The van der Waals surface area contributed by atoms with Gasteiger partial charge in [0.05, 0.1) is 23.7 Å². The summed E-state index contributed by atoms with van der Waals surface area (Å²) in [4.78, 5) is 12.4. The van der Waals surface area contributed by atoms with Crippen LogP contribution in [0.25, 0.3) is 0 Å². The SMILES string of the molecule is CCn1c(CNC(=O)c2ccc(OC)cc2)nnc1SCc1ccc(Cl)c(Cl)c1. The van der Waals surface area contributed by atoms with Crippen molar-refractivity contribution in [1.82, 2.24) is 20.1 Å². The predicted molar refractivity (Wildman–Crippen MR) is 116 cm³/mol. The number of nitrogens with one attached hydrogen (secondary N) is 1. The molecule has 9 heteroatoms. The van der Waals surface area contributed by atoms with Crippen molar-refractivity contribution in [2.24, 2.45) is 0 Å². The highest BCUT2D eigenvalue weighted by atomic mass is 35.5. The molecule has 6 nitrogen and oxygen atoms in total. The van der Waals surface area contributed by atoms with Crippen molar-refractivity contribution in [3.63, 3.8) is 0 Å². The van der Waals surface area contributed by atoms with Gasteiger partial charge in [-0.15, -0.1) is 10.2 Å². The smallest absolute Gasteiger partial charge is 0.251 e. The molecule has 1 N–H and O–H groups in total. The standard InChI is InChI=1S/C20H20Cl2N4O2S/c1-3-26-18(11-23-19(27)14-5-7-15(28-2)8-6-14)24-25-20(26)29-12-13-4-9-16(21)17(22)10-13/h4-10H,3,11-12H2,1-2H3,(H,23,27). The Morgan fingerprint density at radius 1 is 1.14 bits per heavy atom. The number of nitrogens with zero attached hydrogens (tertiary/aromatic N) is 3. The molecule has 0 unspecified atom stereocenters. The number of methoxy groups -OCH3 is 1. The molecule has 0 saturated heterocycles. The van der Waals surface area contributed by atoms with Crippen LogP contribution in [0.2, 0.25) is 10.0 Å². The third kappa shape index (κ3) is 5.44. The number of benzene rings is 2. The molecular formula is C20H20Cl2N4O2S. The van der Waals surface area contributed by atoms with Crippen LogP contribution < -0.4 is 10.1 Å². The van der Waals surface area contributed by atoms with Crippen molar-refractivity contribution >= 4 is 40.9 Å². The molecule has 0 aliphatic carbocycles. The lowest BCUT2D eigenvalue weighted by atomic mass is 10.2. The highest BCUT2D eigenvalue weighted by Crippen LogP contribution is 2.27. The van der Waals surface area contributed by atoms with E-state index in [0.717, 1.165) is 10.7 Å². The Kier molecular flexibility index (Phi) is 7.41. The third-order valence-corrected chi connectivity index (χ3v) is 6.00. The molecule has 3 rings (SSSR count). The van der Waals surface area contributed by atoms with Gasteiger partial charge in [0, 0.05) is 17.9 Å². The summed E-state index contributed by atoms with van der Waals surface area (Å²) in [5, 5.41) is 13.2. The zero-order valence-corrected chi connectivity index (χ0v) is 18.3. The number of amides is 1. The highest BCUT2D eigenvalue weighted by molar-refractivity contribution is 7.98. The van der Waals surface area contributed by atoms with E-state index in [2.05, 4.69) is 15.5 Å². The van der Waals surface area contributed by atoms with Gasteiger partial charge < -0.3 is 14.6 Å². The molecule has 1 aromatic heterocycles. The van der Waals surface area contributed by atoms with Gasteiger partial charge in [-0.05, 0) is 48.9 Å². The maximum Gasteiger partial charge on any atom is 0.251 e. The van der Waals surface area contributed by atoms with Gasteiger partial charge in [-0.3, -0.25) is 4.79 Å². The topological polar surface area (TPSA) is 69.0 Å². The fourth-order valence-electron chi connectivity index (χ4n) is 2.66. The van der Waals surface area contributed by atoms with E-state index in [0.29, 0.717) is 46.0 Å². The highest BCUT2D eigenvalue weighted by Gasteiger charge is 2.13. The molecule has 29 heavy (non-hydrogen) atoms. The van der Waals surface area contributed by atoms with Crippen molar-refractivity contribution in [2.75, 3.05) is 7.11 Å². The number of carbonyl (C=O) groups excluding carboxylic acids is 1. The molecule has 1 amide bonds. The van der Waals surface area contributed by atoms with Gasteiger partial charge in [0.1, 0.15) is 5.75 Å². The summed E-state index contributed by atoms with van der Waals surface area (Å²) in [7, 11) is 1.59. The summed E-state index contributed by atoms with van der Waals surface area (Å²) >= 11 is 13.6. The maximum atomic E-state index is 12.4. The van der Waals surface area contributed by atoms with Crippen molar-refractivity contribution in [3.05, 3.63) is 69.5 Å². The van der Waals surface area contributed by atoms with Crippen LogP contribution in [0.1, 0.15) is 28.7 Å². The second kappa shape index (κ2) is 10.0. The summed E-state index contributed by atoms with van der Waals surface area (Å²) in [5.74, 6) is 1.91. The van der Waals surface area contributed by atoms with Crippen LogP contribution in [0.4, 0.5) is 0 Å². The molecule has 0 bridgehead atoms. The molecule has 0 radical (unpaired) electrons. The zero-order chi connectivity index (χ0) is 20.8. The monoisotopic (exact) mass is 450 g/mol. The lowest BCUT2D eigenvalue weighted by Gasteiger charge is -2.09. The Labute approximate surface area is 183 Å². The van der Waals surface area contributed by atoms with Crippen LogP contribution in [0.3, 0.4) is 0 Å². The minimum Gasteiger partial charge on any atom is -0.497 e. The van der Waals surface area contributed by atoms with E-state index in [4.69, 9.17) is 27.9 Å². The number of carbonyl (C=O) groups is 1. The summed E-state index contributed by atoms with van der Waals surface area (Å²) in [5.41, 5.74) is 1.60. The number of aromatic nitrogens is 3. The van der Waals surface area contributed by atoms with Crippen LogP contribution in [-0.2, 0) is 18.8 Å². The molecule has 0 aliphatic rings. The number of hydrogen-bond donors (Lipinski definition) is 1. The Hall–Kier alpha value is -2.22. The number of rotatable bonds is 8. The van der Waals surface area contributed by atoms with E-state index in [9.17, 15) is 4.79 Å². The minimum atomic E-state index is -0.177. The van der Waals surface area contributed by atoms with Gasteiger partial charge in [-0.2, -0.15) is 0 Å². The van der Waals surface area contributed by atoms with E-state index < -0.39 is 0 Å². The molecule has 3 aromatic rings. The average Bonchev–Trinajstić information content (AvgIpc) is 3.14. The number of hydrogen-bond acceptors (Lipinski definition) is 5. The minimum absolute atomic E-state index is 0.177. The van der Waals surface area contributed by atoms with Gasteiger partial charge >= 0.3 is 0 Å². The average molecular weight is 451 g/mol. The van der Waals surface area contributed by atoms with Crippen molar-refractivity contribution in [2.45, 2.75) is 30.9 Å². The van der Waals surface area contributed by atoms with E-state index >= 15 is 0 Å². The first kappa shape index (κ1) is 21.5. The van der Waals surface area contributed by atoms with Crippen LogP contribution in [-0.4, -0.2) is 27.8 Å². The molecular weight excluding hydrogens is 431 g/mol. The lowest BCUT2D eigenvalue weighted by molar-refractivity contribution is 0.0949.